The Morgan fingerprint density at radius 3 is 2.75 bits per heavy atom. The van der Waals surface area contributed by atoms with Crippen molar-refractivity contribution in [2.45, 2.75) is 38.3 Å². The maximum atomic E-state index is 14.1. The van der Waals surface area contributed by atoms with Gasteiger partial charge in [-0.25, -0.2) is 8.78 Å². The number of aliphatic hydroxyl groups excluding tert-OH is 1. The minimum atomic E-state index is -0.711. The third-order valence-electron chi connectivity index (χ3n) is 4.25. The van der Waals surface area contributed by atoms with Crippen molar-refractivity contribution < 1.29 is 23.2 Å². The molecule has 1 aromatic heterocycles. The van der Waals surface area contributed by atoms with Crippen molar-refractivity contribution in [1.29, 1.82) is 0 Å². The number of hydrogen-bond donors (Lipinski definition) is 2. The van der Waals surface area contributed by atoms with Crippen LogP contribution >= 0.6 is 0 Å². The Morgan fingerprint density at radius 2 is 2.17 bits per heavy atom. The molecule has 2 N–H and O–H groups in total. The molecule has 7 heteroatoms. The molecule has 24 heavy (non-hydrogen) atoms. The van der Waals surface area contributed by atoms with E-state index in [1.54, 1.807) is 13.0 Å². The minimum Gasteiger partial charge on any atom is -0.393 e. The second kappa shape index (κ2) is 6.68. The van der Waals surface area contributed by atoms with Gasteiger partial charge in [-0.1, -0.05) is 11.2 Å². The van der Waals surface area contributed by atoms with Gasteiger partial charge in [-0.05, 0) is 31.7 Å². The molecule has 2 aromatic rings. The molecule has 1 fully saturated rings. The van der Waals surface area contributed by atoms with Crippen molar-refractivity contribution in [3.8, 4) is 0 Å². The predicted molar refractivity (Wildman–Crippen MR) is 80.9 cm³/mol. The molecule has 1 aliphatic rings. The van der Waals surface area contributed by atoms with E-state index in [1.165, 1.54) is 6.07 Å². The molecule has 1 amide bonds. The van der Waals surface area contributed by atoms with E-state index in [2.05, 4.69) is 10.5 Å². The maximum absolute atomic E-state index is 14.1. The van der Waals surface area contributed by atoms with E-state index < -0.39 is 23.8 Å². The van der Waals surface area contributed by atoms with Gasteiger partial charge >= 0.3 is 0 Å². The number of carbonyl (C=O) groups excluding carboxylic acids is 1. The SMILES string of the molecule is Cc1cc(CC(=O)N[C@@H](c2ccc(F)cc2F)C2CC(O)C2)on1. The molecule has 1 aliphatic carbocycles. The molecule has 1 aromatic carbocycles. The Balaban J connectivity index is 1.76. The van der Waals surface area contributed by atoms with Crippen LogP contribution in [0.2, 0.25) is 0 Å². The molecule has 0 spiro atoms. The third-order valence-corrected chi connectivity index (χ3v) is 4.25. The van der Waals surface area contributed by atoms with E-state index in [4.69, 9.17) is 4.52 Å². The van der Waals surface area contributed by atoms with Gasteiger partial charge in [0.15, 0.2) is 0 Å². The minimum absolute atomic E-state index is 0.0184. The van der Waals surface area contributed by atoms with Crippen LogP contribution in [0.1, 0.15) is 35.9 Å². The van der Waals surface area contributed by atoms with Crippen molar-refractivity contribution in [2.75, 3.05) is 0 Å². The van der Waals surface area contributed by atoms with E-state index in [1.807, 2.05) is 0 Å². The molecule has 0 radical (unpaired) electrons. The standard InChI is InChI=1S/C17H18F2N2O3/c1-9-4-13(24-21-9)8-16(23)20-17(10-5-12(22)6-10)14-3-2-11(18)7-15(14)19/h2-4,7,10,12,17,22H,5-6,8H2,1H3,(H,20,23)/t10?,12?,17-/m1/s1. The van der Waals surface area contributed by atoms with Crippen molar-refractivity contribution in [2.24, 2.45) is 5.92 Å². The second-order valence-corrected chi connectivity index (χ2v) is 6.21. The Kier molecular flexibility index (Phi) is 4.62. The topological polar surface area (TPSA) is 75.4 Å². The fraction of sp³-hybridized carbons (Fsp3) is 0.412. The van der Waals surface area contributed by atoms with Gasteiger partial charge in [0.05, 0.1) is 24.3 Å². The van der Waals surface area contributed by atoms with Crippen LogP contribution in [0.15, 0.2) is 28.8 Å². The van der Waals surface area contributed by atoms with Gasteiger partial charge in [0, 0.05) is 17.7 Å². The first-order valence-electron chi connectivity index (χ1n) is 7.77. The third kappa shape index (κ3) is 3.62. The normalized spacial score (nSPS) is 21.2. The maximum Gasteiger partial charge on any atom is 0.228 e. The number of nitrogens with one attached hydrogen (secondary N) is 1. The summed E-state index contributed by atoms with van der Waals surface area (Å²) in [7, 11) is 0. The van der Waals surface area contributed by atoms with Crippen LogP contribution in [0.5, 0.6) is 0 Å². The van der Waals surface area contributed by atoms with E-state index in [0.29, 0.717) is 24.3 Å². The van der Waals surface area contributed by atoms with Gasteiger partial charge in [-0.3, -0.25) is 4.79 Å². The zero-order chi connectivity index (χ0) is 17.3. The molecule has 0 bridgehead atoms. The highest BCUT2D eigenvalue weighted by molar-refractivity contribution is 5.78. The lowest BCUT2D eigenvalue weighted by Crippen LogP contribution is -2.42. The van der Waals surface area contributed by atoms with Crippen LogP contribution in [0.3, 0.4) is 0 Å². The lowest BCUT2D eigenvalue weighted by atomic mass is 9.75. The van der Waals surface area contributed by atoms with Gasteiger partial charge < -0.3 is 14.9 Å². The summed E-state index contributed by atoms with van der Waals surface area (Å²) in [4.78, 5) is 12.3. The van der Waals surface area contributed by atoms with Crippen molar-refractivity contribution in [1.82, 2.24) is 10.5 Å². The summed E-state index contributed by atoms with van der Waals surface area (Å²) in [5.41, 5.74) is 0.886. The summed E-state index contributed by atoms with van der Waals surface area (Å²) < 4.78 is 32.3. The van der Waals surface area contributed by atoms with Gasteiger partial charge in [-0.2, -0.15) is 0 Å². The monoisotopic (exact) mass is 336 g/mol. The molecule has 3 rings (SSSR count). The molecule has 0 unspecified atom stereocenters. The van der Waals surface area contributed by atoms with E-state index in [-0.39, 0.29) is 23.8 Å². The van der Waals surface area contributed by atoms with Gasteiger partial charge in [-0.15, -0.1) is 0 Å². The number of aromatic nitrogens is 1. The molecule has 128 valence electrons. The quantitative estimate of drug-likeness (QED) is 0.879. The largest absolute Gasteiger partial charge is 0.393 e. The number of aryl methyl sites for hydroxylation is 1. The first-order valence-corrected chi connectivity index (χ1v) is 7.77. The van der Waals surface area contributed by atoms with Crippen LogP contribution in [-0.2, 0) is 11.2 Å². The first-order chi connectivity index (χ1) is 11.4. The van der Waals surface area contributed by atoms with Crippen LogP contribution in [0.25, 0.3) is 0 Å². The molecule has 0 saturated heterocycles. The highest BCUT2D eigenvalue weighted by Gasteiger charge is 2.37. The zero-order valence-electron chi connectivity index (χ0n) is 13.1. The first kappa shape index (κ1) is 16.6. The molecular weight excluding hydrogens is 318 g/mol. The predicted octanol–water partition coefficient (Wildman–Crippen LogP) is 2.43. The summed E-state index contributed by atoms with van der Waals surface area (Å²) in [5, 5.41) is 16.0. The second-order valence-electron chi connectivity index (χ2n) is 6.21. The number of halogens is 2. The Bertz CT molecular complexity index is 741. The molecule has 1 atom stereocenters. The number of aliphatic hydroxyl groups is 1. The average Bonchev–Trinajstić information content (AvgIpc) is 2.87. The van der Waals surface area contributed by atoms with E-state index >= 15 is 0 Å². The number of nitrogens with zero attached hydrogens (tertiary/aromatic N) is 1. The zero-order valence-corrected chi connectivity index (χ0v) is 13.1. The Hall–Kier alpha value is -2.28. The molecule has 1 saturated carbocycles. The summed E-state index contributed by atoms with van der Waals surface area (Å²) in [6, 6.07) is 4.32. The summed E-state index contributed by atoms with van der Waals surface area (Å²) in [5.74, 6) is -1.41. The van der Waals surface area contributed by atoms with Gasteiger partial charge in [0.25, 0.3) is 0 Å². The molecule has 5 nitrogen and oxygen atoms in total. The Morgan fingerprint density at radius 1 is 1.42 bits per heavy atom. The van der Waals surface area contributed by atoms with Crippen LogP contribution in [0.4, 0.5) is 8.78 Å². The fourth-order valence-corrected chi connectivity index (χ4v) is 2.99. The van der Waals surface area contributed by atoms with Gasteiger partial charge in [0.2, 0.25) is 5.91 Å². The van der Waals surface area contributed by atoms with Crippen molar-refractivity contribution in [3.05, 3.63) is 52.9 Å². The van der Waals surface area contributed by atoms with Gasteiger partial charge in [0.1, 0.15) is 17.4 Å². The number of benzene rings is 1. The number of amides is 1. The number of rotatable bonds is 5. The highest BCUT2D eigenvalue weighted by Crippen LogP contribution is 2.39. The van der Waals surface area contributed by atoms with Crippen LogP contribution in [-0.4, -0.2) is 22.3 Å². The van der Waals surface area contributed by atoms with Crippen LogP contribution in [0, 0.1) is 24.5 Å². The lowest BCUT2D eigenvalue weighted by Gasteiger charge is -2.38. The van der Waals surface area contributed by atoms with E-state index in [0.717, 1.165) is 12.1 Å². The van der Waals surface area contributed by atoms with Crippen molar-refractivity contribution in [3.63, 3.8) is 0 Å². The lowest BCUT2D eigenvalue weighted by molar-refractivity contribution is -0.122. The fourth-order valence-electron chi connectivity index (χ4n) is 2.99. The molecular formula is C17H18F2N2O3. The average molecular weight is 336 g/mol. The summed E-state index contributed by atoms with van der Waals surface area (Å²) >= 11 is 0. The highest BCUT2D eigenvalue weighted by atomic mass is 19.1. The number of hydrogen-bond acceptors (Lipinski definition) is 4. The Labute approximate surface area is 137 Å². The van der Waals surface area contributed by atoms with Crippen LogP contribution < -0.4 is 5.32 Å². The van der Waals surface area contributed by atoms with E-state index in [9.17, 15) is 18.7 Å². The summed E-state index contributed by atoms with van der Waals surface area (Å²) in [6.45, 7) is 1.75. The molecule has 0 aliphatic heterocycles. The number of carbonyl (C=O) groups is 1. The molecule has 1 heterocycles. The van der Waals surface area contributed by atoms with Crippen molar-refractivity contribution >= 4 is 5.91 Å². The summed E-state index contributed by atoms with van der Waals surface area (Å²) in [6.07, 6.45) is 0.455. The smallest absolute Gasteiger partial charge is 0.228 e.